The standard InChI is InChI=1S/C17H25N3O.ClH/c1-2-14-5-3-4-6-16(14)17(21)20-11-9-19(10-12-20)15-7-8-18-13-15;/h3-6,15,18H,2,7-13H2,1H3;1H. The molecule has 0 spiro atoms. The molecule has 1 aromatic carbocycles. The normalized spacial score (nSPS) is 22.4. The van der Waals surface area contributed by atoms with Gasteiger partial charge in [0, 0.05) is 44.3 Å². The van der Waals surface area contributed by atoms with Gasteiger partial charge in [0.05, 0.1) is 0 Å². The fourth-order valence-electron chi connectivity index (χ4n) is 3.45. The maximum absolute atomic E-state index is 12.7. The Hall–Kier alpha value is -1.10. The van der Waals surface area contributed by atoms with Gasteiger partial charge < -0.3 is 10.2 Å². The van der Waals surface area contributed by atoms with Crippen LogP contribution >= 0.6 is 12.4 Å². The molecule has 0 aromatic heterocycles. The second kappa shape index (κ2) is 7.95. The average Bonchev–Trinajstić information content (AvgIpc) is 3.09. The van der Waals surface area contributed by atoms with Crippen LogP contribution in [0.1, 0.15) is 29.3 Å². The van der Waals surface area contributed by atoms with Crippen molar-refractivity contribution < 1.29 is 4.79 Å². The highest BCUT2D eigenvalue weighted by atomic mass is 35.5. The molecule has 1 N–H and O–H groups in total. The zero-order valence-electron chi connectivity index (χ0n) is 13.3. The highest BCUT2D eigenvalue weighted by Gasteiger charge is 2.28. The van der Waals surface area contributed by atoms with Gasteiger partial charge in [-0.3, -0.25) is 9.69 Å². The van der Waals surface area contributed by atoms with Crippen LogP contribution in [0.15, 0.2) is 24.3 Å². The summed E-state index contributed by atoms with van der Waals surface area (Å²) < 4.78 is 0. The fraction of sp³-hybridized carbons (Fsp3) is 0.588. The third kappa shape index (κ3) is 3.62. The molecular weight excluding hydrogens is 298 g/mol. The molecule has 2 saturated heterocycles. The average molecular weight is 324 g/mol. The minimum atomic E-state index is 0. The van der Waals surface area contributed by atoms with Crippen LogP contribution in [0, 0.1) is 0 Å². The molecular formula is C17H26ClN3O. The Morgan fingerprint density at radius 2 is 1.95 bits per heavy atom. The number of amides is 1. The number of hydrogen-bond acceptors (Lipinski definition) is 3. The Labute approximate surface area is 139 Å². The van der Waals surface area contributed by atoms with E-state index in [0.717, 1.165) is 56.8 Å². The van der Waals surface area contributed by atoms with E-state index in [1.54, 1.807) is 0 Å². The van der Waals surface area contributed by atoms with Crippen LogP contribution in [0.4, 0.5) is 0 Å². The molecule has 0 bridgehead atoms. The summed E-state index contributed by atoms with van der Waals surface area (Å²) in [5.41, 5.74) is 2.04. The van der Waals surface area contributed by atoms with Crippen LogP contribution in [0.5, 0.6) is 0 Å². The molecule has 4 nitrogen and oxygen atoms in total. The van der Waals surface area contributed by atoms with Gasteiger partial charge in [-0.1, -0.05) is 25.1 Å². The minimum absolute atomic E-state index is 0. The van der Waals surface area contributed by atoms with E-state index in [4.69, 9.17) is 0 Å². The molecule has 0 radical (unpaired) electrons. The van der Waals surface area contributed by atoms with Crippen molar-refractivity contribution in [3.63, 3.8) is 0 Å². The van der Waals surface area contributed by atoms with Crippen molar-refractivity contribution in [1.82, 2.24) is 15.1 Å². The lowest BCUT2D eigenvalue weighted by molar-refractivity contribution is 0.0583. The smallest absolute Gasteiger partial charge is 0.254 e. The van der Waals surface area contributed by atoms with Crippen LogP contribution in [-0.4, -0.2) is 61.0 Å². The Kier molecular flexibility index (Phi) is 6.24. The van der Waals surface area contributed by atoms with E-state index in [2.05, 4.69) is 23.2 Å². The minimum Gasteiger partial charge on any atom is -0.336 e. The van der Waals surface area contributed by atoms with Crippen molar-refractivity contribution in [3.8, 4) is 0 Å². The van der Waals surface area contributed by atoms with Gasteiger partial charge >= 0.3 is 0 Å². The van der Waals surface area contributed by atoms with Gasteiger partial charge in [-0.15, -0.1) is 12.4 Å². The van der Waals surface area contributed by atoms with E-state index in [0.29, 0.717) is 6.04 Å². The predicted molar refractivity (Wildman–Crippen MR) is 91.8 cm³/mol. The molecule has 2 fully saturated rings. The first-order chi connectivity index (χ1) is 10.3. The lowest BCUT2D eigenvalue weighted by Crippen LogP contribution is -2.52. The number of hydrogen-bond donors (Lipinski definition) is 1. The van der Waals surface area contributed by atoms with Crippen molar-refractivity contribution in [3.05, 3.63) is 35.4 Å². The number of nitrogens with zero attached hydrogens (tertiary/aromatic N) is 2. The van der Waals surface area contributed by atoms with E-state index in [1.165, 1.54) is 6.42 Å². The Morgan fingerprint density at radius 1 is 1.23 bits per heavy atom. The monoisotopic (exact) mass is 323 g/mol. The SMILES string of the molecule is CCc1ccccc1C(=O)N1CCN(C2CCNC2)CC1.Cl. The summed E-state index contributed by atoms with van der Waals surface area (Å²) in [6.45, 7) is 8.07. The van der Waals surface area contributed by atoms with Crippen LogP contribution in [0.2, 0.25) is 0 Å². The lowest BCUT2D eigenvalue weighted by Gasteiger charge is -2.38. The molecule has 122 valence electrons. The molecule has 1 atom stereocenters. The molecule has 0 aliphatic carbocycles. The maximum atomic E-state index is 12.7. The largest absolute Gasteiger partial charge is 0.336 e. The predicted octanol–water partition coefficient (Wildman–Crippen LogP) is 1.79. The number of nitrogens with one attached hydrogen (secondary N) is 1. The number of rotatable bonds is 3. The molecule has 5 heteroatoms. The van der Waals surface area contributed by atoms with Crippen LogP contribution < -0.4 is 5.32 Å². The first kappa shape index (κ1) is 17.3. The molecule has 2 aliphatic heterocycles. The van der Waals surface area contributed by atoms with E-state index in [-0.39, 0.29) is 18.3 Å². The van der Waals surface area contributed by atoms with Gasteiger partial charge in [-0.05, 0) is 31.0 Å². The summed E-state index contributed by atoms with van der Waals surface area (Å²) in [5.74, 6) is 0.205. The summed E-state index contributed by atoms with van der Waals surface area (Å²) in [7, 11) is 0. The molecule has 22 heavy (non-hydrogen) atoms. The first-order valence-corrected chi connectivity index (χ1v) is 8.11. The van der Waals surface area contributed by atoms with Crippen LogP contribution in [0.25, 0.3) is 0 Å². The summed E-state index contributed by atoms with van der Waals surface area (Å²) in [5, 5.41) is 3.42. The Balaban J connectivity index is 0.00000176. The zero-order valence-corrected chi connectivity index (χ0v) is 14.1. The van der Waals surface area contributed by atoms with E-state index in [9.17, 15) is 4.79 Å². The molecule has 3 rings (SSSR count). The van der Waals surface area contributed by atoms with Gasteiger partial charge in [0.1, 0.15) is 0 Å². The van der Waals surface area contributed by atoms with Gasteiger partial charge in [0.15, 0.2) is 0 Å². The van der Waals surface area contributed by atoms with Crippen molar-refractivity contribution in [2.24, 2.45) is 0 Å². The zero-order chi connectivity index (χ0) is 14.7. The molecule has 2 aliphatic rings. The van der Waals surface area contributed by atoms with Gasteiger partial charge in [-0.2, -0.15) is 0 Å². The second-order valence-corrected chi connectivity index (χ2v) is 5.99. The fourth-order valence-corrected chi connectivity index (χ4v) is 3.45. The number of benzene rings is 1. The number of carbonyl (C=O) groups is 1. The first-order valence-electron chi connectivity index (χ1n) is 8.11. The van der Waals surface area contributed by atoms with Crippen molar-refractivity contribution in [2.45, 2.75) is 25.8 Å². The van der Waals surface area contributed by atoms with E-state index >= 15 is 0 Å². The molecule has 0 saturated carbocycles. The molecule has 2 heterocycles. The summed E-state index contributed by atoms with van der Waals surface area (Å²) in [6, 6.07) is 8.68. The van der Waals surface area contributed by atoms with E-state index in [1.807, 2.05) is 23.1 Å². The second-order valence-electron chi connectivity index (χ2n) is 5.99. The van der Waals surface area contributed by atoms with Gasteiger partial charge in [-0.25, -0.2) is 0 Å². The lowest BCUT2D eigenvalue weighted by atomic mass is 10.0. The highest BCUT2D eigenvalue weighted by molar-refractivity contribution is 5.95. The maximum Gasteiger partial charge on any atom is 0.254 e. The quantitative estimate of drug-likeness (QED) is 0.921. The number of piperazine rings is 1. The third-order valence-electron chi connectivity index (χ3n) is 4.78. The number of halogens is 1. The van der Waals surface area contributed by atoms with Crippen molar-refractivity contribution >= 4 is 18.3 Å². The summed E-state index contributed by atoms with van der Waals surface area (Å²) >= 11 is 0. The van der Waals surface area contributed by atoms with Crippen LogP contribution in [0.3, 0.4) is 0 Å². The highest BCUT2D eigenvalue weighted by Crippen LogP contribution is 2.16. The van der Waals surface area contributed by atoms with Crippen molar-refractivity contribution in [2.75, 3.05) is 39.3 Å². The summed E-state index contributed by atoms with van der Waals surface area (Å²) in [6.07, 6.45) is 2.15. The van der Waals surface area contributed by atoms with Gasteiger partial charge in [0.2, 0.25) is 0 Å². The van der Waals surface area contributed by atoms with Crippen LogP contribution in [-0.2, 0) is 6.42 Å². The van der Waals surface area contributed by atoms with Crippen molar-refractivity contribution in [1.29, 1.82) is 0 Å². The number of carbonyl (C=O) groups excluding carboxylic acids is 1. The van der Waals surface area contributed by atoms with Gasteiger partial charge in [0.25, 0.3) is 5.91 Å². The molecule has 1 amide bonds. The Bertz CT molecular complexity index is 494. The molecule has 1 aromatic rings. The Morgan fingerprint density at radius 3 is 2.59 bits per heavy atom. The summed E-state index contributed by atoms with van der Waals surface area (Å²) in [4.78, 5) is 17.3. The molecule has 1 unspecified atom stereocenters. The number of aryl methyl sites for hydroxylation is 1. The van der Waals surface area contributed by atoms with E-state index < -0.39 is 0 Å². The topological polar surface area (TPSA) is 35.6 Å². The third-order valence-corrected chi connectivity index (χ3v) is 4.78.